The Labute approximate surface area is 193 Å². The maximum Gasteiger partial charge on any atom is 0.191 e. The minimum atomic E-state index is 0.595. The van der Waals surface area contributed by atoms with E-state index in [2.05, 4.69) is 50.4 Å². The summed E-state index contributed by atoms with van der Waals surface area (Å²) in [6.07, 6.45) is 13.1. The van der Waals surface area contributed by atoms with Crippen LogP contribution in [0.15, 0.2) is 10.1 Å². The zero-order chi connectivity index (χ0) is 21.9. The van der Waals surface area contributed by atoms with Crippen molar-refractivity contribution in [3.8, 4) is 0 Å². The van der Waals surface area contributed by atoms with Crippen LogP contribution in [0, 0.1) is 5.92 Å². The Morgan fingerprint density at radius 3 is 2.58 bits per heavy atom. The van der Waals surface area contributed by atoms with Crippen LogP contribution in [-0.2, 0) is 6.42 Å². The van der Waals surface area contributed by atoms with Gasteiger partial charge < -0.3 is 20.1 Å². The molecule has 1 saturated heterocycles. The first-order valence-electron chi connectivity index (χ1n) is 12.4. The van der Waals surface area contributed by atoms with Crippen LogP contribution in [0.1, 0.15) is 77.1 Å². The number of piperidine rings is 1. The fraction of sp³-hybridized carbons (Fsp3) is 0.870. The second-order valence-electron chi connectivity index (χ2n) is 9.08. The minimum absolute atomic E-state index is 0.595. The van der Waals surface area contributed by atoms with Crippen LogP contribution in [-0.4, -0.2) is 71.1 Å². The molecule has 0 spiro atoms. The summed E-state index contributed by atoms with van der Waals surface area (Å²) in [5.74, 6) is 2.98. The third-order valence-corrected chi connectivity index (χ3v) is 7.24. The molecule has 1 saturated carbocycles. The van der Waals surface area contributed by atoms with E-state index in [-0.39, 0.29) is 0 Å². The quantitative estimate of drug-likeness (QED) is 0.232. The van der Waals surface area contributed by atoms with E-state index in [0.717, 1.165) is 55.3 Å². The zero-order valence-electron chi connectivity index (χ0n) is 19.9. The molecule has 1 aliphatic carbocycles. The van der Waals surface area contributed by atoms with Crippen molar-refractivity contribution < 1.29 is 0 Å². The number of hydrogen-bond acceptors (Lipinski definition) is 5. The van der Waals surface area contributed by atoms with Gasteiger partial charge in [-0.05, 0) is 77.3 Å². The number of rotatable bonds is 11. The van der Waals surface area contributed by atoms with Gasteiger partial charge in [-0.1, -0.05) is 31.5 Å². The topological polar surface area (TPSA) is 70.4 Å². The van der Waals surface area contributed by atoms with E-state index in [1.807, 2.05) is 0 Å². The minimum Gasteiger partial charge on any atom is -0.357 e. The van der Waals surface area contributed by atoms with Crippen molar-refractivity contribution >= 4 is 17.7 Å². The fourth-order valence-electron chi connectivity index (χ4n) is 4.71. The first kappa shape index (κ1) is 24.4. The van der Waals surface area contributed by atoms with E-state index in [1.54, 1.807) is 11.8 Å². The molecule has 0 unspecified atom stereocenters. The summed E-state index contributed by atoms with van der Waals surface area (Å²) in [7, 11) is 0. The van der Waals surface area contributed by atoms with Gasteiger partial charge in [0.2, 0.25) is 0 Å². The molecule has 1 aliphatic heterocycles. The van der Waals surface area contributed by atoms with E-state index < -0.39 is 0 Å². The van der Waals surface area contributed by atoms with Crippen LogP contribution in [0.25, 0.3) is 0 Å². The summed E-state index contributed by atoms with van der Waals surface area (Å²) in [4.78, 5) is 7.40. The highest BCUT2D eigenvalue weighted by Crippen LogP contribution is 2.33. The normalized spacial score (nSPS) is 19.3. The molecule has 0 radical (unpaired) electrons. The van der Waals surface area contributed by atoms with Gasteiger partial charge in [0, 0.05) is 32.1 Å². The highest BCUT2D eigenvalue weighted by molar-refractivity contribution is 7.98. The van der Waals surface area contributed by atoms with Gasteiger partial charge in [0.05, 0.1) is 0 Å². The number of guanidine groups is 1. The number of likely N-dealkylation sites (tertiary alicyclic amines) is 1. The lowest BCUT2D eigenvalue weighted by Crippen LogP contribution is -2.39. The molecule has 2 N–H and O–H groups in total. The summed E-state index contributed by atoms with van der Waals surface area (Å²) in [6.45, 7) is 10.9. The second kappa shape index (κ2) is 13.3. The Balaban J connectivity index is 1.40. The van der Waals surface area contributed by atoms with Crippen LogP contribution in [0.2, 0.25) is 0 Å². The van der Waals surface area contributed by atoms with Gasteiger partial charge in [-0.15, -0.1) is 10.2 Å². The van der Waals surface area contributed by atoms with Crippen molar-refractivity contribution in [1.82, 2.24) is 30.3 Å². The van der Waals surface area contributed by atoms with Gasteiger partial charge in [0.25, 0.3) is 0 Å². The van der Waals surface area contributed by atoms with Crippen LogP contribution in [0.4, 0.5) is 0 Å². The predicted molar refractivity (Wildman–Crippen MR) is 131 cm³/mol. The number of aliphatic imine (C=N–C) groups is 1. The van der Waals surface area contributed by atoms with Crippen molar-refractivity contribution in [2.24, 2.45) is 10.9 Å². The van der Waals surface area contributed by atoms with Gasteiger partial charge in [0.15, 0.2) is 11.1 Å². The molecule has 1 aromatic heterocycles. The lowest BCUT2D eigenvalue weighted by Gasteiger charge is -2.30. The molecule has 2 fully saturated rings. The van der Waals surface area contributed by atoms with Crippen molar-refractivity contribution in [1.29, 1.82) is 0 Å². The average molecular weight is 450 g/mol. The van der Waals surface area contributed by atoms with E-state index in [9.17, 15) is 0 Å². The van der Waals surface area contributed by atoms with Crippen molar-refractivity contribution in [3.05, 3.63) is 5.82 Å². The van der Waals surface area contributed by atoms with Crippen molar-refractivity contribution in [3.63, 3.8) is 0 Å². The van der Waals surface area contributed by atoms with E-state index in [4.69, 9.17) is 4.99 Å². The van der Waals surface area contributed by atoms with Crippen LogP contribution in [0.5, 0.6) is 0 Å². The molecular formula is C23H43N7S. The Bertz CT molecular complexity index is 661. The lowest BCUT2D eigenvalue weighted by atomic mass is 9.99. The third-order valence-electron chi connectivity index (χ3n) is 6.60. The first-order chi connectivity index (χ1) is 15.2. The summed E-state index contributed by atoms with van der Waals surface area (Å²) in [6, 6.07) is 0.595. The summed E-state index contributed by atoms with van der Waals surface area (Å²) in [5, 5.41) is 16.9. The molecule has 7 nitrogen and oxygen atoms in total. The monoisotopic (exact) mass is 449 g/mol. The standard InChI is InChI=1S/C23H43N7S/c1-4-24-22(26-15-8-16-29-17-12-19(2)13-18-29)25-14-7-11-21-27-28-23(31-3)30(21)20-9-5-6-10-20/h19-20H,4-18H2,1-3H3,(H2,24,25,26). The number of thioether (sulfide) groups is 1. The molecule has 0 amide bonds. The number of hydrogen-bond donors (Lipinski definition) is 2. The Morgan fingerprint density at radius 1 is 1.10 bits per heavy atom. The maximum absolute atomic E-state index is 4.80. The number of aryl methyl sites for hydroxylation is 1. The molecular weight excluding hydrogens is 406 g/mol. The fourth-order valence-corrected chi connectivity index (χ4v) is 5.28. The molecule has 2 aliphatic rings. The maximum atomic E-state index is 4.80. The van der Waals surface area contributed by atoms with Crippen molar-refractivity contribution in [2.75, 3.05) is 45.5 Å². The lowest BCUT2D eigenvalue weighted by molar-refractivity contribution is 0.191. The van der Waals surface area contributed by atoms with Crippen LogP contribution in [0.3, 0.4) is 0 Å². The highest BCUT2D eigenvalue weighted by Gasteiger charge is 2.23. The molecule has 0 atom stereocenters. The van der Waals surface area contributed by atoms with E-state index >= 15 is 0 Å². The largest absolute Gasteiger partial charge is 0.357 e. The van der Waals surface area contributed by atoms with E-state index in [0.29, 0.717) is 6.04 Å². The molecule has 1 aromatic rings. The molecule has 3 rings (SSSR count). The smallest absolute Gasteiger partial charge is 0.191 e. The molecule has 176 valence electrons. The third kappa shape index (κ3) is 7.67. The van der Waals surface area contributed by atoms with E-state index in [1.165, 1.54) is 64.6 Å². The summed E-state index contributed by atoms with van der Waals surface area (Å²) >= 11 is 1.71. The van der Waals surface area contributed by atoms with Crippen LogP contribution >= 0.6 is 11.8 Å². The predicted octanol–water partition coefficient (Wildman–Crippen LogP) is 3.72. The van der Waals surface area contributed by atoms with Gasteiger partial charge in [-0.2, -0.15) is 0 Å². The number of nitrogens with one attached hydrogen (secondary N) is 2. The molecule has 2 heterocycles. The Kier molecular flexibility index (Phi) is 10.5. The average Bonchev–Trinajstić information content (AvgIpc) is 3.44. The molecule has 8 heteroatoms. The van der Waals surface area contributed by atoms with Crippen molar-refractivity contribution in [2.45, 2.75) is 82.8 Å². The molecule has 0 bridgehead atoms. The van der Waals surface area contributed by atoms with Gasteiger partial charge in [-0.3, -0.25) is 4.99 Å². The first-order valence-corrected chi connectivity index (χ1v) is 13.7. The molecule has 31 heavy (non-hydrogen) atoms. The van der Waals surface area contributed by atoms with Crippen LogP contribution < -0.4 is 10.6 Å². The zero-order valence-corrected chi connectivity index (χ0v) is 20.7. The second-order valence-corrected chi connectivity index (χ2v) is 9.85. The molecule has 0 aromatic carbocycles. The highest BCUT2D eigenvalue weighted by atomic mass is 32.2. The number of nitrogens with zero attached hydrogens (tertiary/aromatic N) is 5. The Hall–Kier alpha value is -1.28. The van der Waals surface area contributed by atoms with Gasteiger partial charge >= 0.3 is 0 Å². The Morgan fingerprint density at radius 2 is 1.87 bits per heavy atom. The summed E-state index contributed by atoms with van der Waals surface area (Å²) < 4.78 is 2.41. The SMILES string of the molecule is CCNC(=NCCCc1nnc(SC)n1C1CCCC1)NCCCN1CCC(C)CC1. The van der Waals surface area contributed by atoms with Gasteiger partial charge in [-0.25, -0.2) is 0 Å². The summed E-state index contributed by atoms with van der Waals surface area (Å²) in [5.41, 5.74) is 0. The number of aromatic nitrogens is 3. The van der Waals surface area contributed by atoms with Gasteiger partial charge in [0.1, 0.15) is 5.82 Å².